The van der Waals surface area contributed by atoms with Gasteiger partial charge in [-0.15, -0.1) is 0 Å². The first-order chi connectivity index (χ1) is 10.6. The topological polar surface area (TPSA) is 52.6 Å². The Labute approximate surface area is 135 Å². The van der Waals surface area contributed by atoms with Crippen molar-refractivity contribution in [3.63, 3.8) is 0 Å². The second kappa shape index (κ2) is 14.9. The first kappa shape index (κ1) is 20.9. The molecule has 1 rings (SSSR count). The lowest BCUT2D eigenvalue weighted by atomic mass is 9.98. The van der Waals surface area contributed by atoms with Gasteiger partial charge in [-0.25, -0.2) is 0 Å². The summed E-state index contributed by atoms with van der Waals surface area (Å²) in [5.74, 6) is -0.296. The summed E-state index contributed by atoms with van der Waals surface area (Å²) < 4.78 is 9.86. The van der Waals surface area contributed by atoms with E-state index < -0.39 is 0 Å². The van der Waals surface area contributed by atoms with Gasteiger partial charge in [0.2, 0.25) is 0 Å². The van der Waals surface area contributed by atoms with Crippen molar-refractivity contribution in [1.29, 1.82) is 0 Å². The third-order valence-corrected chi connectivity index (χ3v) is 3.69. The van der Waals surface area contributed by atoms with E-state index in [1.54, 1.807) is 0 Å². The highest BCUT2D eigenvalue weighted by molar-refractivity contribution is 5.66. The number of rotatable bonds is 8. The molecule has 1 fully saturated rings. The lowest BCUT2D eigenvalue weighted by Gasteiger charge is -2.20. The van der Waals surface area contributed by atoms with Gasteiger partial charge in [0.1, 0.15) is 6.10 Å². The monoisotopic (exact) mass is 314 g/mol. The highest BCUT2D eigenvalue weighted by atomic mass is 16.5. The van der Waals surface area contributed by atoms with E-state index in [1.165, 1.54) is 65.2 Å². The summed E-state index contributed by atoms with van der Waals surface area (Å²) in [5.41, 5.74) is 0. The van der Waals surface area contributed by atoms with Crippen molar-refractivity contribution in [2.24, 2.45) is 0 Å². The van der Waals surface area contributed by atoms with Gasteiger partial charge in [0, 0.05) is 13.8 Å². The van der Waals surface area contributed by atoms with Crippen LogP contribution in [0.3, 0.4) is 0 Å². The molecule has 0 aromatic carbocycles. The smallest absolute Gasteiger partial charge is 0.302 e. The summed E-state index contributed by atoms with van der Waals surface area (Å²) in [6, 6.07) is 0. The molecule has 0 aliphatic heterocycles. The predicted molar refractivity (Wildman–Crippen MR) is 88.6 cm³/mol. The number of esters is 2. The molecule has 0 N–H and O–H groups in total. The number of hydrogen-bond acceptors (Lipinski definition) is 4. The van der Waals surface area contributed by atoms with Crippen LogP contribution in [0.2, 0.25) is 0 Å². The van der Waals surface area contributed by atoms with Gasteiger partial charge in [-0.3, -0.25) is 9.59 Å². The number of carbonyl (C=O) groups is 2. The van der Waals surface area contributed by atoms with Gasteiger partial charge < -0.3 is 9.47 Å². The standard InChI is InChI=1S/C10H20O2.C8H14O2/c1-3-4-5-6-7-8-9-12-10(2)11;1-7(9)10-8-5-3-2-4-6-8/h3-9H2,1-2H3;8H,2-6H2,1H3. The summed E-state index contributed by atoms with van der Waals surface area (Å²) in [6.45, 7) is 5.74. The molecule has 0 bridgehead atoms. The Morgan fingerprint density at radius 1 is 0.864 bits per heavy atom. The fourth-order valence-corrected chi connectivity index (χ4v) is 2.52. The molecule has 0 spiro atoms. The van der Waals surface area contributed by atoms with Gasteiger partial charge in [-0.1, -0.05) is 45.4 Å². The third-order valence-electron chi connectivity index (χ3n) is 3.69. The Morgan fingerprint density at radius 3 is 2.00 bits per heavy atom. The highest BCUT2D eigenvalue weighted by Gasteiger charge is 2.14. The zero-order valence-electron chi connectivity index (χ0n) is 14.7. The van der Waals surface area contributed by atoms with Gasteiger partial charge in [-0.05, 0) is 32.1 Å². The van der Waals surface area contributed by atoms with Crippen molar-refractivity contribution in [3.05, 3.63) is 0 Å². The van der Waals surface area contributed by atoms with Crippen molar-refractivity contribution >= 4 is 11.9 Å². The highest BCUT2D eigenvalue weighted by Crippen LogP contribution is 2.20. The quantitative estimate of drug-likeness (QED) is 0.477. The molecule has 0 heterocycles. The number of carbonyl (C=O) groups excluding carboxylic acids is 2. The molecule has 0 aromatic heterocycles. The average molecular weight is 314 g/mol. The lowest BCUT2D eigenvalue weighted by molar-refractivity contribution is -0.147. The molecule has 130 valence electrons. The molecule has 1 aliphatic carbocycles. The van der Waals surface area contributed by atoms with E-state index in [-0.39, 0.29) is 18.0 Å². The van der Waals surface area contributed by atoms with Crippen molar-refractivity contribution in [3.8, 4) is 0 Å². The fourth-order valence-electron chi connectivity index (χ4n) is 2.52. The van der Waals surface area contributed by atoms with Gasteiger partial charge in [-0.2, -0.15) is 0 Å². The largest absolute Gasteiger partial charge is 0.466 e. The van der Waals surface area contributed by atoms with E-state index in [9.17, 15) is 9.59 Å². The molecular formula is C18H34O4. The van der Waals surface area contributed by atoms with Crippen LogP contribution in [0.4, 0.5) is 0 Å². The molecule has 0 radical (unpaired) electrons. The van der Waals surface area contributed by atoms with Crippen LogP contribution in [0.15, 0.2) is 0 Å². The average Bonchev–Trinajstić information content (AvgIpc) is 2.47. The van der Waals surface area contributed by atoms with Gasteiger partial charge >= 0.3 is 11.9 Å². The van der Waals surface area contributed by atoms with Crippen LogP contribution in [-0.2, 0) is 19.1 Å². The Morgan fingerprint density at radius 2 is 1.45 bits per heavy atom. The molecular weight excluding hydrogens is 280 g/mol. The summed E-state index contributed by atoms with van der Waals surface area (Å²) >= 11 is 0. The molecule has 0 unspecified atom stereocenters. The molecule has 4 heteroatoms. The summed E-state index contributed by atoms with van der Waals surface area (Å²) in [7, 11) is 0. The van der Waals surface area contributed by atoms with Crippen molar-refractivity contribution < 1.29 is 19.1 Å². The molecule has 0 atom stereocenters. The zero-order chi connectivity index (χ0) is 16.6. The summed E-state index contributed by atoms with van der Waals surface area (Å²) in [5, 5.41) is 0. The van der Waals surface area contributed by atoms with E-state index in [0.717, 1.165) is 19.3 Å². The molecule has 22 heavy (non-hydrogen) atoms. The van der Waals surface area contributed by atoms with Crippen LogP contribution >= 0.6 is 0 Å². The van der Waals surface area contributed by atoms with E-state index in [4.69, 9.17) is 9.47 Å². The van der Waals surface area contributed by atoms with Gasteiger partial charge in [0.15, 0.2) is 0 Å². The molecule has 0 aromatic rings. The van der Waals surface area contributed by atoms with Gasteiger partial charge in [0.05, 0.1) is 6.61 Å². The molecule has 0 amide bonds. The molecule has 4 nitrogen and oxygen atoms in total. The Balaban J connectivity index is 0.000000406. The zero-order valence-corrected chi connectivity index (χ0v) is 14.7. The normalized spacial score (nSPS) is 14.7. The van der Waals surface area contributed by atoms with Crippen molar-refractivity contribution in [2.45, 2.75) is 97.5 Å². The van der Waals surface area contributed by atoms with E-state index >= 15 is 0 Å². The van der Waals surface area contributed by atoms with Crippen molar-refractivity contribution in [2.75, 3.05) is 6.61 Å². The minimum Gasteiger partial charge on any atom is -0.466 e. The second-order valence-electron chi connectivity index (χ2n) is 5.98. The first-order valence-electron chi connectivity index (χ1n) is 8.86. The predicted octanol–water partition coefficient (Wildman–Crippen LogP) is 4.79. The van der Waals surface area contributed by atoms with Crippen LogP contribution in [0.5, 0.6) is 0 Å². The number of hydrogen-bond donors (Lipinski definition) is 0. The van der Waals surface area contributed by atoms with Crippen molar-refractivity contribution in [1.82, 2.24) is 0 Å². The van der Waals surface area contributed by atoms with Crippen LogP contribution in [-0.4, -0.2) is 24.6 Å². The van der Waals surface area contributed by atoms with E-state index in [0.29, 0.717) is 6.61 Å². The lowest BCUT2D eigenvalue weighted by Crippen LogP contribution is -2.18. The van der Waals surface area contributed by atoms with Crippen LogP contribution < -0.4 is 0 Å². The van der Waals surface area contributed by atoms with E-state index in [1.807, 2.05) is 0 Å². The number of ether oxygens (including phenoxy) is 2. The Kier molecular flexibility index (Phi) is 14.1. The molecule has 0 saturated heterocycles. The molecule has 1 aliphatic rings. The number of unbranched alkanes of at least 4 members (excludes halogenated alkanes) is 5. The minimum atomic E-state index is -0.163. The maximum atomic E-state index is 10.5. The maximum absolute atomic E-state index is 10.5. The fraction of sp³-hybridized carbons (Fsp3) is 0.889. The van der Waals surface area contributed by atoms with Crippen LogP contribution in [0.25, 0.3) is 0 Å². The maximum Gasteiger partial charge on any atom is 0.302 e. The SMILES string of the molecule is CC(=O)OC1CCCCC1.CCCCCCCCOC(C)=O. The Bertz CT molecular complexity index is 283. The van der Waals surface area contributed by atoms with Crippen LogP contribution in [0, 0.1) is 0 Å². The summed E-state index contributed by atoms with van der Waals surface area (Å²) in [4.78, 5) is 20.8. The van der Waals surface area contributed by atoms with E-state index in [2.05, 4.69) is 6.92 Å². The Hall–Kier alpha value is -1.06. The summed E-state index contributed by atoms with van der Waals surface area (Å²) in [6.07, 6.45) is 13.5. The third kappa shape index (κ3) is 15.3. The van der Waals surface area contributed by atoms with Crippen LogP contribution in [0.1, 0.15) is 91.4 Å². The molecule has 1 saturated carbocycles. The first-order valence-corrected chi connectivity index (χ1v) is 8.86. The van der Waals surface area contributed by atoms with Gasteiger partial charge in [0.25, 0.3) is 0 Å². The second-order valence-corrected chi connectivity index (χ2v) is 5.98. The minimum absolute atomic E-state index is 0.132.